The molecule has 0 radical (unpaired) electrons. The van der Waals surface area contributed by atoms with Crippen molar-refractivity contribution in [1.29, 1.82) is 0 Å². The van der Waals surface area contributed by atoms with Crippen molar-refractivity contribution in [3.63, 3.8) is 0 Å². The SMILES string of the molecule is CCOC(=O)c1n[nH]c(C2CCC(C(C)(C)C)CC2)n1. The van der Waals surface area contributed by atoms with Crippen molar-refractivity contribution in [2.24, 2.45) is 11.3 Å². The third-order valence-corrected chi connectivity index (χ3v) is 4.30. The molecule has 20 heavy (non-hydrogen) atoms. The summed E-state index contributed by atoms with van der Waals surface area (Å²) < 4.78 is 4.91. The van der Waals surface area contributed by atoms with Gasteiger partial charge in [-0.2, -0.15) is 0 Å². The number of nitrogens with zero attached hydrogens (tertiary/aromatic N) is 2. The predicted molar refractivity (Wildman–Crippen MR) is 76.5 cm³/mol. The maximum Gasteiger partial charge on any atom is 0.378 e. The van der Waals surface area contributed by atoms with Gasteiger partial charge in [0.25, 0.3) is 5.82 Å². The van der Waals surface area contributed by atoms with E-state index in [1.165, 1.54) is 12.8 Å². The Morgan fingerprint density at radius 3 is 2.50 bits per heavy atom. The van der Waals surface area contributed by atoms with Crippen molar-refractivity contribution in [3.05, 3.63) is 11.6 Å². The van der Waals surface area contributed by atoms with E-state index in [1.54, 1.807) is 6.92 Å². The molecular weight excluding hydrogens is 254 g/mol. The van der Waals surface area contributed by atoms with Gasteiger partial charge in [0.1, 0.15) is 5.82 Å². The Hall–Kier alpha value is -1.39. The standard InChI is InChI=1S/C15H25N3O2/c1-5-20-14(19)13-16-12(17-18-13)10-6-8-11(9-7-10)15(2,3)4/h10-11H,5-9H2,1-4H3,(H,16,17,18). The van der Waals surface area contributed by atoms with Crippen LogP contribution in [0.1, 0.15) is 75.7 Å². The third kappa shape index (κ3) is 3.38. The summed E-state index contributed by atoms with van der Waals surface area (Å²) >= 11 is 0. The number of ether oxygens (including phenoxy) is 1. The topological polar surface area (TPSA) is 67.9 Å². The Balaban J connectivity index is 1.96. The van der Waals surface area contributed by atoms with Crippen LogP contribution in [0, 0.1) is 11.3 Å². The van der Waals surface area contributed by atoms with Crippen LogP contribution in [0.25, 0.3) is 0 Å². The zero-order valence-corrected chi connectivity index (χ0v) is 12.9. The van der Waals surface area contributed by atoms with Crippen molar-refractivity contribution in [3.8, 4) is 0 Å². The van der Waals surface area contributed by atoms with Gasteiger partial charge in [-0.1, -0.05) is 20.8 Å². The Bertz CT molecular complexity index is 454. The lowest BCUT2D eigenvalue weighted by Crippen LogP contribution is -2.25. The molecule has 112 valence electrons. The lowest BCUT2D eigenvalue weighted by molar-refractivity contribution is 0.0512. The summed E-state index contributed by atoms with van der Waals surface area (Å²) in [5.41, 5.74) is 0.377. The summed E-state index contributed by atoms with van der Waals surface area (Å²) in [6.07, 6.45) is 4.64. The fraction of sp³-hybridized carbons (Fsp3) is 0.800. The smallest absolute Gasteiger partial charge is 0.378 e. The zero-order valence-electron chi connectivity index (χ0n) is 12.9. The van der Waals surface area contributed by atoms with Gasteiger partial charge in [-0.3, -0.25) is 5.10 Å². The van der Waals surface area contributed by atoms with Gasteiger partial charge in [0.2, 0.25) is 0 Å². The monoisotopic (exact) mass is 279 g/mol. The van der Waals surface area contributed by atoms with Gasteiger partial charge in [0, 0.05) is 5.92 Å². The van der Waals surface area contributed by atoms with Crippen molar-refractivity contribution < 1.29 is 9.53 Å². The Morgan fingerprint density at radius 2 is 1.95 bits per heavy atom. The Morgan fingerprint density at radius 1 is 1.30 bits per heavy atom. The van der Waals surface area contributed by atoms with Crippen LogP contribution in [0.5, 0.6) is 0 Å². The molecule has 1 N–H and O–H groups in total. The van der Waals surface area contributed by atoms with Crippen LogP contribution in [-0.4, -0.2) is 27.8 Å². The molecule has 0 unspecified atom stereocenters. The van der Waals surface area contributed by atoms with Gasteiger partial charge >= 0.3 is 5.97 Å². The fourth-order valence-electron chi connectivity index (χ4n) is 2.98. The van der Waals surface area contributed by atoms with Crippen molar-refractivity contribution >= 4 is 5.97 Å². The lowest BCUT2D eigenvalue weighted by atomic mass is 9.70. The molecule has 1 saturated carbocycles. The number of H-pyrrole nitrogens is 1. The van der Waals surface area contributed by atoms with Gasteiger partial charge in [0.05, 0.1) is 6.61 Å². The molecule has 0 atom stereocenters. The second-order valence-electron chi connectivity index (χ2n) is 6.68. The highest BCUT2D eigenvalue weighted by molar-refractivity contribution is 5.84. The molecule has 1 aliphatic rings. The highest BCUT2D eigenvalue weighted by Crippen LogP contribution is 2.42. The Kier molecular flexibility index (Phi) is 4.45. The summed E-state index contributed by atoms with van der Waals surface area (Å²) in [6.45, 7) is 9.06. The van der Waals surface area contributed by atoms with Gasteiger partial charge in [-0.05, 0) is 43.9 Å². The van der Waals surface area contributed by atoms with Crippen LogP contribution in [-0.2, 0) is 4.74 Å². The van der Waals surface area contributed by atoms with E-state index in [0.29, 0.717) is 17.9 Å². The number of hydrogen-bond acceptors (Lipinski definition) is 4. The first-order valence-corrected chi connectivity index (χ1v) is 7.51. The number of hydrogen-bond donors (Lipinski definition) is 1. The molecule has 0 bridgehead atoms. The zero-order chi connectivity index (χ0) is 14.8. The minimum atomic E-state index is -0.446. The normalized spacial score (nSPS) is 23.6. The van der Waals surface area contributed by atoms with Crippen LogP contribution in [0.15, 0.2) is 0 Å². The summed E-state index contributed by atoms with van der Waals surface area (Å²) in [7, 11) is 0. The molecule has 0 spiro atoms. The van der Waals surface area contributed by atoms with E-state index in [2.05, 4.69) is 36.0 Å². The number of aromatic amines is 1. The first-order chi connectivity index (χ1) is 9.41. The van der Waals surface area contributed by atoms with E-state index in [1.807, 2.05) is 0 Å². The van der Waals surface area contributed by atoms with E-state index < -0.39 is 5.97 Å². The quantitative estimate of drug-likeness (QED) is 0.862. The largest absolute Gasteiger partial charge is 0.460 e. The first-order valence-electron chi connectivity index (χ1n) is 7.51. The molecule has 5 nitrogen and oxygen atoms in total. The van der Waals surface area contributed by atoms with Crippen LogP contribution < -0.4 is 0 Å². The first kappa shape index (κ1) is 15.0. The van der Waals surface area contributed by atoms with Gasteiger partial charge < -0.3 is 4.74 Å². The highest BCUT2D eigenvalue weighted by atomic mass is 16.5. The van der Waals surface area contributed by atoms with Gasteiger partial charge in [0.15, 0.2) is 0 Å². The van der Waals surface area contributed by atoms with Crippen LogP contribution in [0.2, 0.25) is 0 Å². The van der Waals surface area contributed by atoms with Crippen LogP contribution in [0.4, 0.5) is 0 Å². The second kappa shape index (κ2) is 5.94. The van der Waals surface area contributed by atoms with E-state index in [0.717, 1.165) is 24.6 Å². The van der Waals surface area contributed by atoms with E-state index in [4.69, 9.17) is 4.74 Å². The van der Waals surface area contributed by atoms with Crippen LogP contribution in [0.3, 0.4) is 0 Å². The van der Waals surface area contributed by atoms with Gasteiger partial charge in [-0.25, -0.2) is 9.78 Å². The average Bonchev–Trinajstić information content (AvgIpc) is 2.88. The Labute approximate surface area is 120 Å². The summed E-state index contributed by atoms with van der Waals surface area (Å²) in [5.74, 6) is 1.70. The lowest BCUT2D eigenvalue weighted by Gasteiger charge is -2.36. The van der Waals surface area contributed by atoms with E-state index in [9.17, 15) is 4.79 Å². The van der Waals surface area contributed by atoms with Crippen molar-refractivity contribution in [1.82, 2.24) is 15.2 Å². The van der Waals surface area contributed by atoms with Crippen molar-refractivity contribution in [2.75, 3.05) is 6.61 Å². The summed E-state index contributed by atoms with van der Waals surface area (Å²) in [6, 6.07) is 0. The number of rotatable bonds is 3. The molecule has 0 saturated heterocycles. The van der Waals surface area contributed by atoms with Crippen LogP contribution >= 0.6 is 0 Å². The van der Waals surface area contributed by atoms with E-state index >= 15 is 0 Å². The molecule has 1 aromatic rings. The minimum absolute atomic E-state index is 0.153. The maximum atomic E-state index is 11.6. The van der Waals surface area contributed by atoms with Crippen molar-refractivity contribution in [2.45, 2.75) is 59.3 Å². The predicted octanol–water partition coefficient (Wildman–Crippen LogP) is 3.30. The second-order valence-corrected chi connectivity index (χ2v) is 6.68. The summed E-state index contributed by atoms with van der Waals surface area (Å²) in [4.78, 5) is 15.9. The van der Waals surface area contributed by atoms with Gasteiger partial charge in [-0.15, -0.1) is 5.10 Å². The molecule has 0 aliphatic heterocycles. The molecule has 1 aromatic heterocycles. The molecule has 1 aliphatic carbocycles. The number of carbonyl (C=O) groups excluding carboxylic acids is 1. The molecular formula is C15H25N3O2. The number of esters is 1. The maximum absolute atomic E-state index is 11.6. The minimum Gasteiger partial charge on any atom is -0.460 e. The summed E-state index contributed by atoms with van der Waals surface area (Å²) in [5, 5.41) is 6.87. The molecule has 2 rings (SSSR count). The number of carbonyl (C=O) groups is 1. The molecule has 5 heteroatoms. The molecule has 1 fully saturated rings. The molecule has 0 aromatic carbocycles. The average molecular weight is 279 g/mol. The third-order valence-electron chi connectivity index (χ3n) is 4.30. The van der Waals surface area contributed by atoms with E-state index in [-0.39, 0.29) is 5.82 Å². The molecule has 0 amide bonds. The number of aromatic nitrogens is 3. The number of nitrogens with one attached hydrogen (secondary N) is 1. The molecule has 1 heterocycles. The highest BCUT2D eigenvalue weighted by Gasteiger charge is 2.31. The fourth-order valence-corrected chi connectivity index (χ4v) is 2.98.